The Labute approximate surface area is 237 Å². The van der Waals surface area contributed by atoms with Crippen molar-refractivity contribution >= 4 is 28.3 Å². The molecule has 1 aliphatic heterocycles. The molecular formula is C31H33N7O. The summed E-state index contributed by atoms with van der Waals surface area (Å²) in [5.74, 6) is -0.778. The number of benzene rings is 1. The SMILES string of the molecule is [2H]C([2H])([2H])N(C(=O)c1ccc(C2=CCN([C@H](C)c3cc4c(-c5ccc(N)nc5C#N)ccnc4n3C)CC2)c(C)c1)C([2H])([2H])[2H]. The second-order valence-corrected chi connectivity index (χ2v) is 9.79. The summed E-state index contributed by atoms with van der Waals surface area (Å²) < 4.78 is 47.4. The third-order valence-corrected chi connectivity index (χ3v) is 7.52. The number of carbonyl (C=O) groups excluding carboxylic acids is 1. The van der Waals surface area contributed by atoms with Gasteiger partial charge >= 0.3 is 0 Å². The standard InChI is InChI=1S/C31H33N7O/c1-19-16-22(31(39)36(3)4)6-7-23(19)21-11-14-38(15-12-21)20(2)28-17-26-24(10-13-34-30(26)37(28)5)25-8-9-29(33)35-27(25)18-32/h6-11,13,16-17,20H,12,14-15H2,1-5H3,(H2,33,35)/t20-/m1/s1/i3D3,4D3. The summed E-state index contributed by atoms with van der Waals surface area (Å²) in [6.07, 6.45) is 4.61. The van der Waals surface area contributed by atoms with E-state index in [2.05, 4.69) is 44.6 Å². The van der Waals surface area contributed by atoms with Gasteiger partial charge in [-0.25, -0.2) is 9.97 Å². The number of aromatic nitrogens is 3. The lowest BCUT2D eigenvalue weighted by molar-refractivity contribution is 0.0827. The number of aryl methyl sites for hydroxylation is 2. The zero-order valence-corrected chi connectivity index (χ0v) is 22.1. The zero-order chi connectivity index (χ0) is 32.8. The Hall–Kier alpha value is -4.48. The van der Waals surface area contributed by atoms with Crippen molar-refractivity contribution in [2.75, 3.05) is 32.8 Å². The number of nitrogens with two attached hydrogens (primary N) is 1. The van der Waals surface area contributed by atoms with E-state index < -0.39 is 19.9 Å². The summed E-state index contributed by atoms with van der Waals surface area (Å²) in [7, 11) is 1.98. The number of pyridine rings is 2. The minimum atomic E-state index is -3.10. The lowest BCUT2D eigenvalue weighted by atomic mass is 9.93. The fourth-order valence-corrected chi connectivity index (χ4v) is 5.41. The van der Waals surface area contributed by atoms with Crippen molar-refractivity contribution in [2.45, 2.75) is 26.3 Å². The van der Waals surface area contributed by atoms with Gasteiger partial charge in [-0.15, -0.1) is 0 Å². The molecule has 0 saturated carbocycles. The van der Waals surface area contributed by atoms with E-state index in [0.717, 1.165) is 52.0 Å². The van der Waals surface area contributed by atoms with E-state index in [9.17, 15) is 10.1 Å². The number of rotatable bonds is 5. The van der Waals surface area contributed by atoms with Crippen LogP contribution in [0.15, 0.2) is 54.7 Å². The maximum absolute atomic E-state index is 12.9. The van der Waals surface area contributed by atoms with Crippen LogP contribution in [0.25, 0.3) is 27.7 Å². The highest BCUT2D eigenvalue weighted by atomic mass is 16.2. The highest BCUT2D eigenvalue weighted by Gasteiger charge is 2.24. The molecule has 1 amide bonds. The molecule has 5 rings (SSSR count). The molecule has 0 radical (unpaired) electrons. The van der Waals surface area contributed by atoms with Crippen LogP contribution in [-0.4, -0.2) is 57.3 Å². The normalized spacial score (nSPS) is 17.5. The predicted molar refractivity (Wildman–Crippen MR) is 155 cm³/mol. The van der Waals surface area contributed by atoms with Crippen molar-refractivity contribution in [3.8, 4) is 17.2 Å². The molecule has 0 aliphatic carbocycles. The number of nitrogen functional groups attached to an aromatic ring is 1. The van der Waals surface area contributed by atoms with Crippen LogP contribution in [0.1, 0.15) is 60.5 Å². The number of hydrogen-bond acceptors (Lipinski definition) is 6. The Balaban J connectivity index is 1.38. The summed E-state index contributed by atoms with van der Waals surface area (Å²) in [5, 5.41) is 10.6. The van der Waals surface area contributed by atoms with Gasteiger partial charge in [-0.2, -0.15) is 5.26 Å². The van der Waals surface area contributed by atoms with E-state index in [-0.39, 0.29) is 28.0 Å². The van der Waals surface area contributed by atoms with E-state index in [1.54, 1.807) is 24.4 Å². The minimum absolute atomic E-state index is 0.00977. The molecule has 8 heteroatoms. The van der Waals surface area contributed by atoms with E-state index >= 15 is 0 Å². The van der Waals surface area contributed by atoms with Crippen molar-refractivity contribution in [1.82, 2.24) is 24.3 Å². The smallest absolute Gasteiger partial charge is 0.253 e. The molecule has 1 atom stereocenters. The number of nitriles is 1. The first kappa shape index (κ1) is 19.6. The van der Waals surface area contributed by atoms with Crippen LogP contribution in [0.2, 0.25) is 0 Å². The molecule has 1 aliphatic rings. The van der Waals surface area contributed by atoms with Gasteiger partial charge in [-0.05, 0) is 78.9 Å². The van der Waals surface area contributed by atoms with E-state index in [1.165, 1.54) is 6.07 Å². The van der Waals surface area contributed by atoms with Crippen LogP contribution in [0, 0.1) is 18.3 Å². The summed E-state index contributed by atoms with van der Waals surface area (Å²) in [5.41, 5.74) is 12.3. The van der Waals surface area contributed by atoms with Crippen LogP contribution >= 0.6 is 0 Å². The molecule has 1 aromatic carbocycles. The number of hydrogen-bond donors (Lipinski definition) is 1. The van der Waals surface area contributed by atoms with E-state index in [1.807, 2.05) is 26.1 Å². The highest BCUT2D eigenvalue weighted by molar-refractivity contribution is 5.95. The van der Waals surface area contributed by atoms with Crippen LogP contribution in [0.5, 0.6) is 0 Å². The van der Waals surface area contributed by atoms with Crippen LogP contribution < -0.4 is 5.73 Å². The maximum Gasteiger partial charge on any atom is 0.253 e. The van der Waals surface area contributed by atoms with Gasteiger partial charge < -0.3 is 15.2 Å². The van der Waals surface area contributed by atoms with Crippen molar-refractivity contribution in [3.05, 3.63) is 82.8 Å². The van der Waals surface area contributed by atoms with Crippen LogP contribution in [0.3, 0.4) is 0 Å². The number of carbonyl (C=O) groups is 1. The lowest BCUT2D eigenvalue weighted by Gasteiger charge is -2.32. The Bertz CT molecular complexity index is 1860. The van der Waals surface area contributed by atoms with Crippen molar-refractivity contribution in [1.29, 1.82) is 5.26 Å². The molecule has 198 valence electrons. The second-order valence-electron chi connectivity index (χ2n) is 9.79. The Morgan fingerprint density at radius 1 is 1.18 bits per heavy atom. The average molecular weight is 526 g/mol. The summed E-state index contributed by atoms with van der Waals surface area (Å²) in [4.78, 5) is 24.1. The third-order valence-electron chi connectivity index (χ3n) is 7.52. The molecule has 0 spiro atoms. The quantitative estimate of drug-likeness (QED) is 0.395. The highest BCUT2D eigenvalue weighted by Crippen LogP contribution is 2.35. The molecule has 0 fully saturated rings. The van der Waals surface area contributed by atoms with Crippen LogP contribution in [0.4, 0.5) is 5.82 Å². The molecule has 0 unspecified atom stereocenters. The molecule has 0 bridgehead atoms. The first-order valence-corrected chi connectivity index (χ1v) is 12.6. The molecule has 0 saturated heterocycles. The molecule has 3 aromatic heterocycles. The number of anilines is 1. The average Bonchev–Trinajstić information content (AvgIpc) is 3.31. The van der Waals surface area contributed by atoms with Gasteiger partial charge in [0.15, 0.2) is 5.69 Å². The molecule has 8 nitrogen and oxygen atoms in total. The van der Waals surface area contributed by atoms with Gasteiger partial charge in [0.05, 0.1) is 0 Å². The molecule has 4 heterocycles. The Morgan fingerprint density at radius 2 is 1.97 bits per heavy atom. The number of amides is 1. The van der Waals surface area contributed by atoms with Crippen molar-refractivity contribution < 1.29 is 13.0 Å². The summed E-state index contributed by atoms with van der Waals surface area (Å²) >= 11 is 0. The predicted octanol–water partition coefficient (Wildman–Crippen LogP) is 4.95. The van der Waals surface area contributed by atoms with Gasteiger partial charge in [0, 0.05) is 76.8 Å². The first-order chi connectivity index (χ1) is 21.1. The van der Waals surface area contributed by atoms with Gasteiger partial charge in [0.25, 0.3) is 5.91 Å². The van der Waals surface area contributed by atoms with E-state index in [0.29, 0.717) is 12.1 Å². The van der Waals surface area contributed by atoms with Gasteiger partial charge in [-0.1, -0.05) is 12.1 Å². The summed E-state index contributed by atoms with van der Waals surface area (Å²) in [6.45, 7) is -0.797. The Kier molecular flexibility index (Phi) is 5.19. The summed E-state index contributed by atoms with van der Waals surface area (Å²) in [6, 6.07) is 14.5. The maximum atomic E-state index is 12.9. The first-order valence-electron chi connectivity index (χ1n) is 15.6. The number of nitrogens with zero attached hydrogens (tertiary/aromatic N) is 6. The van der Waals surface area contributed by atoms with Crippen LogP contribution in [-0.2, 0) is 7.05 Å². The lowest BCUT2D eigenvalue weighted by Crippen LogP contribution is -2.32. The van der Waals surface area contributed by atoms with Crippen molar-refractivity contribution in [3.63, 3.8) is 0 Å². The Morgan fingerprint density at radius 3 is 2.67 bits per heavy atom. The molecular weight excluding hydrogens is 486 g/mol. The van der Waals surface area contributed by atoms with Crippen molar-refractivity contribution in [2.24, 2.45) is 7.05 Å². The molecule has 2 N–H and O–H groups in total. The minimum Gasteiger partial charge on any atom is -0.384 e. The van der Waals surface area contributed by atoms with Gasteiger partial charge in [-0.3, -0.25) is 9.69 Å². The van der Waals surface area contributed by atoms with Gasteiger partial charge in [0.2, 0.25) is 0 Å². The monoisotopic (exact) mass is 525 g/mol. The fraction of sp³-hybridized carbons (Fsp3) is 0.290. The third kappa shape index (κ3) is 4.77. The molecule has 39 heavy (non-hydrogen) atoms. The van der Waals surface area contributed by atoms with Gasteiger partial charge in [0.1, 0.15) is 17.5 Å². The molecule has 4 aromatic rings. The largest absolute Gasteiger partial charge is 0.384 e. The van der Waals surface area contributed by atoms with E-state index in [4.69, 9.17) is 14.0 Å². The second kappa shape index (κ2) is 10.4. The topological polar surface area (TPSA) is 104 Å². The fourth-order valence-electron chi connectivity index (χ4n) is 5.41. The number of fused-ring (bicyclic) bond motifs is 1. The zero-order valence-electron chi connectivity index (χ0n) is 28.1.